The summed E-state index contributed by atoms with van der Waals surface area (Å²) in [6.07, 6.45) is 2.11. The highest BCUT2D eigenvalue weighted by atomic mass is 16.5. The van der Waals surface area contributed by atoms with Crippen LogP contribution >= 0.6 is 0 Å². The minimum atomic E-state index is -0.162. The second-order valence-corrected chi connectivity index (χ2v) is 5.77. The van der Waals surface area contributed by atoms with Crippen LogP contribution in [0.25, 0.3) is 0 Å². The summed E-state index contributed by atoms with van der Waals surface area (Å²) in [4.78, 5) is 26.3. The molecule has 1 aromatic rings. The third-order valence-electron chi connectivity index (χ3n) is 3.98. The molecule has 1 fully saturated rings. The molecule has 0 saturated carbocycles. The third kappa shape index (κ3) is 5.53. The predicted octanol–water partition coefficient (Wildman–Crippen LogP) is 1.42. The minimum Gasteiger partial charge on any atom is -0.493 e. The highest BCUT2D eigenvalue weighted by Crippen LogP contribution is 2.17. The van der Waals surface area contributed by atoms with E-state index in [9.17, 15) is 9.59 Å². The van der Waals surface area contributed by atoms with Crippen molar-refractivity contribution in [2.24, 2.45) is 0 Å². The maximum Gasteiger partial charge on any atom is 0.255 e. The van der Waals surface area contributed by atoms with E-state index in [-0.39, 0.29) is 11.8 Å². The van der Waals surface area contributed by atoms with Crippen LogP contribution in [0.2, 0.25) is 0 Å². The normalized spacial score (nSPS) is 14.8. The maximum atomic E-state index is 12.2. The van der Waals surface area contributed by atoms with Gasteiger partial charge in [0.1, 0.15) is 5.75 Å². The number of hydrogen-bond acceptors (Lipinski definition) is 4. The fourth-order valence-electron chi connectivity index (χ4n) is 2.73. The van der Waals surface area contributed by atoms with Gasteiger partial charge in [-0.3, -0.25) is 9.59 Å². The van der Waals surface area contributed by atoms with Crippen LogP contribution in [0.5, 0.6) is 5.75 Å². The molecule has 1 aliphatic rings. The van der Waals surface area contributed by atoms with Crippen molar-refractivity contribution in [3.63, 3.8) is 0 Å². The van der Waals surface area contributed by atoms with Crippen LogP contribution in [0.3, 0.4) is 0 Å². The lowest BCUT2D eigenvalue weighted by atomic mass is 10.2. The summed E-state index contributed by atoms with van der Waals surface area (Å²) < 4.78 is 5.47. The Kier molecular flexibility index (Phi) is 7.55. The van der Waals surface area contributed by atoms with Crippen molar-refractivity contribution >= 4 is 11.8 Å². The summed E-state index contributed by atoms with van der Waals surface area (Å²) >= 11 is 0. The highest BCUT2D eigenvalue weighted by Gasteiger charge is 2.15. The van der Waals surface area contributed by atoms with E-state index in [1.54, 1.807) is 12.1 Å². The zero-order valence-electron chi connectivity index (χ0n) is 14.3. The Labute approximate surface area is 143 Å². The molecule has 0 radical (unpaired) electrons. The lowest BCUT2D eigenvalue weighted by Gasteiger charge is -2.19. The quantitative estimate of drug-likeness (QED) is 0.740. The molecule has 1 aliphatic heterocycles. The van der Waals surface area contributed by atoms with Crippen LogP contribution in [0, 0.1) is 0 Å². The summed E-state index contributed by atoms with van der Waals surface area (Å²) in [5, 5.41) is 6.15. The molecule has 0 atom stereocenters. The first-order chi connectivity index (χ1) is 11.7. The van der Waals surface area contributed by atoms with Crippen LogP contribution < -0.4 is 15.4 Å². The smallest absolute Gasteiger partial charge is 0.255 e. The van der Waals surface area contributed by atoms with Crippen LogP contribution in [-0.2, 0) is 4.79 Å². The SMILES string of the molecule is CCOc1ccccc1C(=O)NCCCC(=O)N1CCCNCC1. The Morgan fingerprint density at radius 1 is 1.25 bits per heavy atom. The number of nitrogens with one attached hydrogen (secondary N) is 2. The Morgan fingerprint density at radius 3 is 2.92 bits per heavy atom. The van der Waals surface area contributed by atoms with E-state index < -0.39 is 0 Å². The zero-order chi connectivity index (χ0) is 17.2. The molecule has 6 heteroatoms. The van der Waals surface area contributed by atoms with Crippen LogP contribution in [0.1, 0.15) is 36.5 Å². The number of hydrogen-bond donors (Lipinski definition) is 2. The van der Waals surface area contributed by atoms with Gasteiger partial charge in [0.15, 0.2) is 0 Å². The summed E-state index contributed by atoms with van der Waals surface area (Å²) in [7, 11) is 0. The Morgan fingerprint density at radius 2 is 2.08 bits per heavy atom. The standard InChI is InChI=1S/C18H27N3O3/c1-2-24-16-8-4-3-7-15(16)18(23)20-11-5-9-17(22)21-13-6-10-19-12-14-21/h3-4,7-8,19H,2,5-6,9-14H2,1H3,(H,20,23). The van der Waals surface area contributed by atoms with E-state index in [0.717, 1.165) is 32.6 Å². The molecule has 6 nitrogen and oxygen atoms in total. The second kappa shape index (κ2) is 9.93. The topological polar surface area (TPSA) is 70.7 Å². The molecule has 2 amide bonds. The molecule has 24 heavy (non-hydrogen) atoms. The summed E-state index contributed by atoms with van der Waals surface area (Å²) in [6, 6.07) is 7.19. The lowest BCUT2D eigenvalue weighted by molar-refractivity contribution is -0.131. The second-order valence-electron chi connectivity index (χ2n) is 5.77. The van der Waals surface area contributed by atoms with E-state index in [2.05, 4.69) is 10.6 Å². The maximum absolute atomic E-state index is 12.2. The lowest BCUT2D eigenvalue weighted by Crippen LogP contribution is -2.34. The van der Waals surface area contributed by atoms with Crippen molar-refractivity contribution in [1.82, 2.24) is 15.5 Å². The number of nitrogens with zero attached hydrogens (tertiary/aromatic N) is 1. The summed E-state index contributed by atoms with van der Waals surface area (Å²) in [5.74, 6) is 0.596. The van der Waals surface area contributed by atoms with E-state index in [1.165, 1.54) is 0 Å². The fourth-order valence-corrected chi connectivity index (χ4v) is 2.73. The number of para-hydroxylation sites is 1. The number of amides is 2. The zero-order valence-corrected chi connectivity index (χ0v) is 14.3. The van der Waals surface area contributed by atoms with Crippen molar-refractivity contribution < 1.29 is 14.3 Å². The van der Waals surface area contributed by atoms with Gasteiger partial charge in [0.05, 0.1) is 12.2 Å². The molecule has 1 saturated heterocycles. The number of ether oxygens (including phenoxy) is 1. The van der Waals surface area contributed by atoms with Gasteiger partial charge >= 0.3 is 0 Å². The van der Waals surface area contributed by atoms with Gasteiger partial charge in [-0.25, -0.2) is 0 Å². The molecule has 2 rings (SSSR count). The minimum absolute atomic E-state index is 0.162. The number of benzene rings is 1. The Bertz CT molecular complexity index is 540. The third-order valence-corrected chi connectivity index (χ3v) is 3.98. The van der Waals surface area contributed by atoms with Crippen molar-refractivity contribution in [3.8, 4) is 5.75 Å². The van der Waals surface area contributed by atoms with Gasteiger partial charge in [0, 0.05) is 32.6 Å². The first kappa shape index (κ1) is 18.3. The molecular weight excluding hydrogens is 306 g/mol. The molecule has 132 valence electrons. The molecule has 0 aliphatic carbocycles. The van der Waals surface area contributed by atoms with Crippen LogP contribution in [-0.4, -0.2) is 56.0 Å². The first-order valence-electron chi connectivity index (χ1n) is 8.71. The van der Waals surface area contributed by atoms with Gasteiger partial charge in [0.25, 0.3) is 5.91 Å². The molecule has 0 bridgehead atoms. The summed E-state index contributed by atoms with van der Waals surface area (Å²) in [5.41, 5.74) is 0.532. The highest BCUT2D eigenvalue weighted by molar-refractivity contribution is 5.96. The van der Waals surface area contributed by atoms with Crippen molar-refractivity contribution in [2.45, 2.75) is 26.2 Å². The molecule has 1 heterocycles. The molecule has 1 aromatic carbocycles. The number of carbonyl (C=O) groups is 2. The first-order valence-corrected chi connectivity index (χ1v) is 8.71. The van der Waals surface area contributed by atoms with Gasteiger partial charge in [-0.1, -0.05) is 12.1 Å². The largest absolute Gasteiger partial charge is 0.493 e. The van der Waals surface area contributed by atoms with Crippen LogP contribution in [0.4, 0.5) is 0 Å². The van der Waals surface area contributed by atoms with Crippen molar-refractivity contribution in [2.75, 3.05) is 39.3 Å². The van der Waals surface area contributed by atoms with Gasteiger partial charge < -0.3 is 20.3 Å². The average Bonchev–Trinajstić information content (AvgIpc) is 2.88. The summed E-state index contributed by atoms with van der Waals surface area (Å²) in [6.45, 7) is 6.31. The predicted molar refractivity (Wildman–Crippen MR) is 93.2 cm³/mol. The fraction of sp³-hybridized carbons (Fsp3) is 0.556. The van der Waals surface area contributed by atoms with E-state index in [4.69, 9.17) is 4.74 Å². The Hall–Kier alpha value is -2.08. The van der Waals surface area contributed by atoms with E-state index in [1.807, 2.05) is 24.0 Å². The van der Waals surface area contributed by atoms with Gasteiger partial charge in [-0.15, -0.1) is 0 Å². The monoisotopic (exact) mass is 333 g/mol. The van der Waals surface area contributed by atoms with E-state index >= 15 is 0 Å². The van der Waals surface area contributed by atoms with Crippen molar-refractivity contribution in [3.05, 3.63) is 29.8 Å². The molecule has 0 aromatic heterocycles. The van der Waals surface area contributed by atoms with Crippen LogP contribution in [0.15, 0.2) is 24.3 Å². The number of rotatable bonds is 7. The molecule has 2 N–H and O–H groups in total. The van der Waals surface area contributed by atoms with Gasteiger partial charge in [0.2, 0.25) is 5.91 Å². The molecular formula is C18H27N3O3. The Balaban J connectivity index is 1.73. The van der Waals surface area contributed by atoms with E-state index in [0.29, 0.717) is 37.3 Å². The average molecular weight is 333 g/mol. The number of carbonyl (C=O) groups excluding carboxylic acids is 2. The molecule has 0 spiro atoms. The van der Waals surface area contributed by atoms with Gasteiger partial charge in [-0.05, 0) is 38.4 Å². The van der Waals surface area contributed by atoms with Crippen molar-refractivity contribution in [1.29, 1.82) is 0 Å². The van der Waals surface area contributed by atoms with Gasteiger partial charge in [-0.2, -0.15) is 0 Å². The molecule has 0 unspecified atom stereocenters.